The van der Waals surface area contributed by atoms with E-state index in [2.05, 4.69) is 25.6 Å². The van der Waals surface area contributed by atoms with Crippen LogP contribution in [-0.2, 0) is 4.79 Å². The van der Waals surface area contributed by atoms with Gasteiger partial charge in [0.1, 0.15) is 11.9 Å². The van der Waals surface area contributed by atoms with Gasteiger partial charge in [0.25, 0.3) is 0 Å². The van der Waals surface area contributed by atoms with Crippen LogP contribution in [0.3, 0.4) is 0 Å². The molecule has 0 aromatic heterocycles. The van der Waals surface area contributed by atoms with Gasteiger partial charge in [-0.2, -0.15) is 0 Å². The molecule has 1 atom stereocenters. The van der Waals surface area contributed by atoms with Crippen LogP contribution in [0, 0.1) is 0 Å². The van der Waals surface area contributed by atoms with Crippen molar-refractivity contribution < 1.29 is 14.6 Å². The van der Waals surface area contributed by atoms with Crippen LogP contribution in [0.1, 0.15) is 25.5 Å². The van der Waals surface area contributed by atoms with E-state index in [4.69, 9.17) is 9.84 Å². The molecule has 2 aromatic carbocycles. The van der Waals surface area contributed by atoms with E-state index in [1.165, 1.54) is 12.5 Å². The monoisotopic (exact) mass is 284 g/mol. The van der Waals surface area contributed by atoms with Gasteiger partial charge in [-0.25, -0.2) is 4.79 Å². The first-order chi connectivity index (χ1) is 10.0. The number of aliphatic carboxylic acids is 1. The first kappa shape index (κ1) is 16.5. The second-order valence-electron chi connectivity index (χ2n) is 4.57. The molecule has 21 heavy (non-hydrogen) atoms. The fraction of sp³-hybridized carbons (Fsp3) is 0.167. The molecule has 0 bridgehead atoms. The van der Waals surface area contributed by atoms with Gasteiger partial charge in [-0.15, -0.1) is 0 Å². The van der Waals surface area contributed by atoms with Crippen molar-refractivity contribution in [1.82, 2.24) is 0 Å². The predicted molar refractivity (Wildman–Crippen MR) is 84.4 cm³/mol. The van der Waals surface area contributed by atoms with E-state index in [1.807, 2.05) is 48.5 Å². The third kappa shape index (κ3) is 6.43. The number of carbonyl (C=O) groups is 1. The van der Waals surface area contributed by atoms with Crippen molar-refractivity contribution >= 4 is 5.97 Å². The summed E-state index contributed by atoms with van der Waals surface area (Å²) in [7, 11) is 0. The number of benzene rings is 2. The summed E-state index contributed by atoms with van der Waals surface area (Å²) >= 11 is 0. The minimum absolute atomic E-state index is 0.0913. The van der Waals surface area contributed by atoms with Crippen molar-refractivity contribution in [3.63, 3.8) is 0 Å². The molecule has 0 saturated carbocycles. The van der Waals surface area contributed by atoms with Crippen LogP contribution >= 0.6 is 0 Å². The molecule has 0 aliphatic carbocycles. The number of hydrogen-bond donors (Lipinski definition) is 1. The molecule has 3 nitrogen and oxygen atoms in total. The van der Waals surface area contributed by atoms with E-state index >= 15 is 0 Å². The number of rotatable bonds is 4. The average Bonchev–Trinajstić information content (AvgIpc) is 2.49. The van der Waals surface area contributed by atoms with Crippen LogP contribution in [0.15, 0.2) is 72.8 Å². The normalized spacial score (nSPS) is 10.8. The Hall–Kier alpha value is -2.55. The number of para-hydroxylation sites is 1. The minimum atomic E-state index is -0.935. The lowest BCUT2D eigenvalue weighted by Gasteiger charge is -2.14. The van der Waals surface area contributed by atoms with Crippen LogP contribution in [0.5, 0.6) is 5.75 Å². The maximum absolute atomic E-state index is 9.60. The standard InChI is InChI=1S/C14H14O.C4H6O2/c1-12(13-8-4-2-5-9-13)15-14-10-6-3-7-11-14;1-3(2)4(5)6/h2-12H,1H3;1H2,2H3,(H,5,6). The zero-order chi connectivity index (χ0) is 15.7. The molecule has 1 unspecified atom stereocenters. The van der Waals surface area contributed by atoms with Crippen molar-refractivity contribution in [2.45, 2.75) is 20.0 Å². The quantitative estimate of drug-likeness (QED) is 0.842. The topological polar surface area (TPSA) is 46.5 Å². The maximum atomic E-state index is 9.60. The van der Waals surface area contributed by atoms with Crippen molar-refractivity contribution in [1.29, 1.82) is 0 Å². The number of ether oxygens (including phenoxy) is 1. The van der Waals surface area contributed by atoms with E-state index in [1.54, 1.807) is 0 Å². The third-order valence-electron chi connectivity index (χ3n) is 2.69. The highest BCUT2D eigenvalue weighted by Crippen LogP contribution is 2.20. The van der Waals surface area contributed by atoms with Crippen LogP contribution in [0.4, 0.5) is 0 Å². The van der Waals surface area contributed by atoms with Gasteiger partial charge < -0.3 is 9.84 Å². The van der Waals surface area contributed by atoms with Gasteiger partial charge in [-0.05, 0) is 31.5 Å². The van der Waals surface area contributed by atoms with Crippen molar-refractivity contribution in [2.24, 2.45) is 0 Å². The van der Waals surface area contributed by atoms with Crippen molar-refractivity contribution in [3.8, 4) is 5.75 Å². The first-order valence-corrected chi connectivity index (χ1v) is 6.66. The fourth-order valence-electron chi connectivity index (χ4n) is 1.50. The van der Waals surface area contributed by atoms with Crippen LogP contribution in [-0.4, -0.2) is 11.1 Å². The Morgan fingerprint density at radius 2 is 1.48 bits per heavy atom. The Morgan fingerprint density at radius 1 is 1.05 bits per heavy atom. The zero-order valence-corrected chi connectivity index (χ0v) is 12.3. The fourth-order valence-corrected chi connectivity index (χ4v) is 1.50. The Labute approximate surface area is 125 Å². The molecule has 0 amide bonds. The molecule has 0 aliphatic heterocycles. The second-order valence-corrected chi connectivity index (χ2v) is 4.57. The number of carboxylic acids is 1. The van der Waals surface area contributed by atoms with Gasteiger partial charge in [0, 0.05) is 5.57 Å². The lowest BCUT2D eigenvalue weighted by Crippen LogP contribution is -2.02. The molecular weight excluding hydrogens is 264 g/mol. The molecule has 0 saturated heterocycles. The van der Waals surface area contributed by atoms with Crippen molar-refractivity contribution in [3.05, 3.63) is 78.4 Å². The summed E-state index contributed by atoms with van der Waals surface area (Å²) in [4.78, 5) is 9.60. The van der Waals surface area contributed by atoms with E-state index in [-0.39, 0.29) is 11.7 Å². The molecule has 0 fully saturated rings. The van der Waals surface area contributed by atoms with Crippen LogP contribution in [0.2, 0.25) is 0 Å². The van der Waals surface area contributed by atoms with Crippen LogP contribution < -0.4 is 4.74 Å². The van der Waals surface area contributed by atoms with Gasteiger partial charge >= 0.3 is 5.97 Å². The SMILES string of the molecule is C=C(C)C(=O)O.CC(Oc1ccccc1)c1ccccc1. The Morgan fingerprint density at radius 3 is 1.90 bits per heavy atom. The highest BCUT2D eigenvalue weighted by molar-refractivity contribution is 5.84. The molecule has 0 spiro atoms. The molecule has 0 heterocycles. The molecule has 0 aliphatic rings. The maximum Gasteiger partial charge on any atom is 0.330 e. The molecule has 110 valence electrons. The molecule has 3 heteroatoms. The minimum Gasteiger partial charge on any atom is -0.486 e. The average molecular weight is 284 g/mol. The molecule has 0 radical (unpaired) electrons. The van der Waals surface area contributed by atoms with E-state index in [9.17, 15) is 4.79 Å². The van der Waals surface area contributed by atoms with E-state index in [0.717, 1.165) is 5.75 Å². The summed E-state index contributed by atoms with van der Waals surface area (Å²) in [5, 5.41) is 7.89. The van der Waals surface area contributed by atoms with Crippen LogP contribution in [0.25, 0.3) is 0 Å². The van der Waals surface area contributed by atoms with Gasteiger partial charge in [-0.3, -0.25) is 0 Å². The molecule has 2 aromatic rings. The molecule has 2 rings (SSSR count). The molecule has 1 N–H and O–H groups in total. The Balaban J connectivity index is 0.000000315. The third-order valence-corrected chi connectivity index (χ3v) is 2.69. The summed E-state index contributed by atoms with van der Waals surface area (Å²) in [5.41, 5.74) is 1.37. The number of carboxylic acid groups (broad SMARTS) is 1. The van der Waals surface area contributed by atoms with Gasteiger partial charge in [0.2, 0.25) is 0 Å². The number of hydrogen-bond acceptors (Lipinski definition) is 2. The van der Waals surface area contributed by atoms with E-state index in [0.29, 0.717) is 0 Å². The summed E-state index contributed by atoms with van der Waals surface area (Å²) in [6.45, 7) is 6.66. The Kier molecular flexibility index (Phi) is 6.75. The summed E-state index contributed by atoms with van der Waals surface area (Å²) in [5.74, 6) is -0.0242. The van der Waals surface area contributed by atoms with Gasteiger partial charge in [-0.1, -0.05) is 55.1 Å². The zero-order valence-electron chi connectivity index (χ0n) is 12.3. The largest absolute Gasteiger partial charge is 0.486 e. The smallest absolute Gasteiger partial charge is 0.330 e. The Bertz CT molecular complexity index is 550. The van der Waals surface area contributed by atoms with Crippen molar-refractivity contribution in [2.75, 3.05) is 0 Å². The van der Waals surface area contributed by atoms with Gasteiger partial charge in [0.05, 0.1) is 0 Å². The van der Waals surface area contributed by atoms with Gasteiger partial charge in [0.15, 0.2) is 0 Å². The first-order valence-electron chi connectivity index (χ1n) is 6.66. The summed E-state index contributed by atoms with van der Waals surface area (Å²) in [6.07, 6.45) is 0.0913. The van der Waals surface area contributed by atoms with E-state index < -0.39 is 5.97 Å². The predicted octanol–water partition coefficient (Wildman–Crippen LogP) is 4.47. The summed E-state index contributed by atoms with van der Waals surface area (Å²) < 4.78 is 5.80. The molecular formula is C18H20O3. The summed E-state index contributed by atoms with van der Waals surface area (Å²) in [6, 6.07) is 20.1. The highest BCUT2D eigenvalue weighted by Gasteiger charge is 2.05. The highest BCUT2D eigenvalue weighted by atomic mass is 16.5. The second kappa shape index (κ2) is 8.59. The lowest BCUT2D eigenvalue weighted by atomic mass is 10.1. The lowest BCUT2D eigenvalue weighted by molar-refractivity contribution is -0.132.